The van der Waals surface area contributed by atoms with Crippen LogP contribution < -0.4 is 5.32 Å². The van der Waals surface area contributed by atoms with Crippen LogP contribution in [0, 0.1) is 17.5 Å². The summed E-state index contributed by atoms with van der Waals surface area (Å²) in [6, 6.07) is 1.29. The first-order valence-electron chi connectivity index (χ1n) is 6.45. The maximum Gasteiger partial charge on any atom is 0.305 e. The highest BCUT2D eigenvalue weighted by Crippen LogP contribution is 2.13. The van der Waals surface area contributed by atoms with Crippen LogP contribution in [-0.2, 0) is 9.53 Å². The van der Waals surface area contributed by atoms with Gasteiger partial charge in [0.05, 0.1) is 7.11 Å². The van der Waals surface area contributed by atoms with Crippen molar-refractivity contribution in [3.05, 3.63) is 35.1 Å². The Labute approximate surface area is 120 Å². The molecule has 7 heteroatoms. The average molecular weight is 303 g/mol. The number of carbonyl (C=O) groups is 2. The molecule has 1 N–H and O–H groups in total. The van der Waals surface area contributed by atoms with Gasteiger partial charge in [-0.1, -0.05) is 6.42 Å². The molecule has 0 bridgehead atoms. The van der Waals surface area contributed by atoms with Gasteiger partial charge in [-0.2, -0.15) is 0 Å². The predicted octanol–water partition coefficient (Wildman–Crippen LogP) is 2.57. The number of esters is 1. The first kappa shape index (κ1) is 17.0. The lowest BCUT2D eigenvalue weighted by Gasteiger charge is -2.06. The Hall–Kier alpha value is -2.05. The van der Waals surface area contributed by atoms with Gasteiger partial charge in [-0.3, -0.25) is 9.59 Å². The summed E-state index contributed by atoms with van der Waals surface area (Å²) in [5.74, 6) is -5.39. The van der Waals surface area contributed by atoms with Gasteiger partial charge >= 0.3 is 5.97 Å². The molecule has 0 aromatic heterocycles. The third-order valence-corrected chi connectivity index (χ3v) is 2.82. The third-order valence-electron chi connectivity index (χ3n) is 2.82. The van der Waals surface area contributed by atoms with Crippen LogP contribution in [0.5, 0.6) is 0 Å². The first-order chi connectivity index (χ1) is 9.95. The summed E-state index contributed by atoms with van der Waals surface area (Å²) in [7, 11) is 1.31. The summed E-state index contributed by atoms with van der Waals surface area (Å²) in [6.45, 7) is 0.292. The van der Waals surface area contributed by atoms with E-state index < -0.39 is 23.4 Å². The number of benzene rings is 1. The van der Waals surface area contributed by atoms with Crippen molar-refractivity contribution in [3.8, 4) is 0 Å². The molecule has 21 heavy (non-hydrogen) atoms. The second-order valence-electron chi connectivity index (χ2n) is 4.40. The van der Waals surface area contributed by atoms with Crippen LogP contribution in [-0.4, -0.2) is 25.5 Å². The molecular formula is C14H16F3NO3. The molecule has 0 unspecified atom stereocenters. The Kier molecular flexibility index (Phi) is 6.71. The Bertz CT molecular complexity index is 497. The lowest BCUT2D eigenvalue weighted by molar-refractivity contribution is -0.140. The van der Waals surface area contributed by atoms with E-state index in [-0.39, 0.29) is 11.5 Å². The minimum atomic E-state index is -1.60. The molecule has 0 aliphatic rings. The van der Waals surface area contributed by atoms with Crippen LogP contribution in [0.4, 0.5) is 13.2 Å². The molecule has 0 fully saturated rings. The lowest BCUT2D eigenvalue weighted by atomic mass is 10.1. The van der Waals surface area contributed by atoms with E-state index in [9.17, 15) is 22.8 Å². The fraction of sp³-hybridized carbons (Fsp3) is 0.429. The Balaban J connectivity index is 2.33. The summed E-state index contributed by atoms with van der Waals surface area (Å²) in [6.07, 6.45) is 2.23. The van der Waals surface area contributed by atoms with Gasteiger partial charge in [0.1, 0.15) is 0 Å². The Morgan fingerprint density at radius 3 is 2.29 bits per heavy atom. The number of hydrogen-bond donors (Lipinski definition) is 1. The van der Waals surface area contributed by atoms with Crippen LogP contribution in [0.25, 0.3) is 0 Å². The van der Waals surface area contributed by atoms with Crippen molar-refractivity contribution in [2.45, 2.75) is 25.7 Å². The second-order valence-corrected chi connectivity index (χ2v) is 4.40. The van der Waals surface area contributed by atoms with Gasteiger partial charge < -0.3 is 10.1 Å². The Morgan fingerprint density at radius 2 is 1.71 bits per heavy atom. The maximum atomic E-state index is 13.0. The number of amides is 1. The number of hydrogen-bond acceptors (Lipinski definition) is 3. The zero-order chi connectivity index (χ0) is 15.8. The fourth-order valence-corrected chi connectivity index (χ4v) is 1.66. The average Bonchev–Trinajstić information content (AvgIpc) is 2.47. The second kappa shape index (κ2) is 8.28. The number of halogens is 3. The highest BCUT2D eigenvalue weighted by Gasteiger charge is 2.14. The van der Waals surface area contributed by atoms with Crippen molar-refractivity contribution in [1.82, 2.24) is 5.32 Å². The van der Waals surface area contributed by atoms with E-state index in [1.54, 1.807) is 0 Å². The molecule has 0 spiro atoms. The largest absolute Gasteiger partial charge is 0.469 e. The quantitative estimate of drug-likeness (QED) is 0.478. The molecule has 0 aliphatic carbocycles. The molecule has 0 radical (unpaired) electrons. The lowest BCUT2D eigenvalue weighted by Crippen LogP contribution is -2.24. The van der Waals surface area contributed by atoms with Gasteiger partial charge in [0, 0.05) is 18.5 Å². The maximum absolute atomic E-state index is 13.0. The summed E-state index contributed by atoms with van der Waals surface area (Å²) < 4.78 is 43.1. The molecular weight excluding hydrogens is 287 g/mol. The van der Waals surface area contributed by atoms with Gasteiger partial charge in [0.2, 0.25) is 0 Å². The van der Waals surface area contributed by atoms with Gasteiger partial charge in [0.15, 0.2) is 17.5 Å². The number of ether oxygens (including phenoxy) is 1. The molecule has 4 nitrogen and oxygen atoms in total. The molecule has 1 aromatic carbocycles. The zero-order valence-electron chi connectivity index (χ0n) is 11.5. The van der Waals surface area contributed by atoms with Gasteiger partial charge in [-0.15, -0.1) is 0 Å². The smallest absolute Gasteiger partial charge is 0.305 e. The zero-order valence-corrected chi connectivity index (χ0v) is 11.5. The van der Waals surface area contributed by atoms with Gasteiger partial charge in [-0.25, -0.2) is 13.2 Å². The van der Waals surface area contributed by atoms with Gasteiger partial charge in [0.25, 0.3) is 5.91 Å². The van der Waals surface area contributed by atoms with E-state index in [2.05, 4.69) is 10.1 Å². The van der Waals surface area contributed by atoms with Crippen molar-refractivity contribution in [3.63, 3.8) is 0 Å². The third kappa shape index (κ3) is 5.45. The van der Waals surface area contributed by atoms with Crippen LogP contribution in [0.1, 0.15) is 36.0 Å². The van der Waals surface area contributed by atoms with Crippen molar-refractivity contribution in [1.29, 1.82) is 0 Å². The van der Waals surface area contributed by atoms with Crippen LogP contribution in [0.15, 0.2) is 12.1 Å². The monoisotopic (exact) mass is 303 g/mol. The van der Waals surface area contributed by atoms with E-state index in [1.807, 2.05) is 0 Å². The minimum absolute atomic E-state index is 0.277. The van der Waals surface area contributed by atoms with Crippen molar-refractivity contribution in [2.24, 2.45) is 0 Å². The van der Waals surface area contributed by atoms with Crippen molar-refractivity contribution < 1.29 is 27.5 Å². The molecule has 0 heterocycles. The van der Waals surface area contributed by atoms with E-state index in [4.69, 9.17) is 0 Å². The fourth-order valence-electron chi connectivity index (χ4n) is 1.66. The number of unbranched alkanes of at least 4 members (excludes halogenated alkanes) is 2. The normalized spacial score (nSPS) is 10.3. The molecule has 1 rings (SSSR count). The number of nitrogens with one attached hydrogen (secondary N) is 1. The summed E-state index contributed by atoms with van der Waals surface area (Å²) in [5, 5.41) is 2.46. The summed E-state index contributed by atoms with van der Waals surface area (Å²) in [4.78, 5) is 22.4. The summed E-state index contributed by atoms with van der Waals surface area (Å²) >= 11 is 0. The SMILES string of the molecule is COC(=O)CCCCCNC(=O)c1cc(F)c(F)c(F)c1. The molecule has 0 aliphatic heterocycles. The highest BCUT2D eigenvalue weighted by atomic mass is 19.2. The van der Waals surface area contributed by atoms with Crippen molar-refractivity contribution in [2.75, 3.05) is 13.7 Å². The topological polar surface area (TPSA) is 55.4 Å². The highest BCUT2D eigenvalue weighted by molar-refractivity contribution is 5.94. The molecule has 0 saturated carbocycles. The van der Waals surface area contributed by atoms with Gasteiger partial charge in [-0.05, 0) is 25.0 Å². The first-order valence-corrected chi connectivity index (χ1v) is 6.45. The van der Waals surface area contributed by atoms with Crippen LogP contribution in [0.3, 0.4) is 0 Å². The number of rotatable bonds is 7. The van der Waals surface area contributed by atoms with E-state index in [1.165, 1.54) is 7.11 Å². The van der Waals surface area contributed by atoms with Crippen LogP contribution in [0.2, 0.25) is 0 Å². The molecule has 0 atom stereocenters. The van der Waals surface area contributed by atoms with E-state index >= 15 is 0 Å². The standard InChI is InChI=1S/C14H16F3NO3/c1-21-12(19)5-3-2-4-6-18-14(20)9-7-10(15)13(17)11(16)8-9/h7-8H,2-6H2,1H3,(H,18,20). The molecule has 0 saturated heterocycles. The number of methoxy groups -OCH3 is 1. The number of carbonyl (C=O) groups excluding carboxylic acids is 2. The minimum Gasteiger partial charge on any atom is -0.469 e. The Morgan fingerprint density at radius 1 is 1.10 bits per heavy atom. The van der Waals surface area contributed by atoms with E-state index in [0.29, 0.717) is 44.4 Å². The molecule has 1 aromatic rings. The summed E-state index contributed by atoms with van der Waals surface area (Å²) in [5.41, 5.74) is -0.277. The van der Waals surface area contributed by atoms with Crippen LogP contribution >= 0.6 is 0 Å². The predicted molar refractivity (Wildman–Crippen MR) is 69.1 cm³/mol. The van der Waals surface area contributed by atoms with Crippen molar-refractivity contribution >= 4 is 11.9 Å². The van der Waals surface area contributed by atoms with E-state index in [0.717, 1.165) is 0 Å². The molecule has 1 amide bonds. The molecule has 116 valence electrons.